The molecule has 152 valence electrons. The van der Waals surface area contributed by atoms with Crippen molar-refractivity contribution in [1.29, 1.82) is 0 Å². The van der Waals surface area contributed by atoms with Gasteiger partial charge in [0.1, 0.15) is 0 Å². The Hall–Kier alpha value is -3.13. The normalized spacial score (nSPS) is 11.5. The number of hydrogen-bond donors (Lipinski definition) is 1. The number of halogens is 3. The lowest BCUT2D eigenvalue weighted by molar-refractivity contribution is -0.143. The van der Waals surface area contributed by atoms with Gasteiger partial charge in [0.2, 0.25) is 0 Å². The van der Waals surface area contributed by atoms with E-state index in [2.05, 4.69) is 5.10 Å². The fourth-order valence-electron chi connectivity index (χ4n) is 3.01. The van der Waals surface area contributed by atoms with Crippen molar-refractivity contribution in [2.75, 3.05) is 13.2 Å². The maximum atomic E-state index is 13.9. The molecule has 1 amide bonds. The molecule has 0 aliphatic heterocycles. The zero-order valence-corrected chi connectivity index (χ0v) is 15.7. The quantitative estimate of drug-likeness (QED) is 0.681. The van der Waals surface area contributed by atoms with Crippen molar-refractivity contribution >= 4 is 5.91 Å². The number of benzene rings is 2. The van der Waals surface area contributed by atoms with E-state index in [9.17, 15) is 23.1 Å². The monoisotopic (exact) mass is 403 g/mol. The highest BCUT2D eigenvalue weighted by atomic mass is 19.4. The van der Waals surface area contributed by atoms with Crippen LogP contribution < -0.4 is 0 Å². The van der Waals surface area contributed by atoms with Gasteiger partial charge in [-0.2, -0.15) is 18.3 Å². The largest absolute Gasteiger partial charge is 0.434 e. The van der Waals surface area contributed by atoms with Crippen LogP contribution >= 0.6 is 0 Å². The Morgan fingerprint density at radius 2 is 1.76 bits per heavy atom. The van der Waals surface area contributed by atoms with Crippen LogP contribution in [0.3, 0.4) is 0 Å². The predicted octanol–water partition coefficient (Wildman–Crippen LogP) is 3.83. The van der Waals surface area contributed by atoms with Gasteiger partial charge in [-0.05, 0) is 24.6 Å². The topological polar surface area (TPSA) is 58.4 Å². The van der Waals surface area contributed by atoms with Crippen LogP contribution in [-0.2, 0) is 12.7 Å². The summed E-state index contributed by atoms with van der Waals surface area (Å²) in [5, 5.41) is 13.2. The van der Waals surface area contributed by atoms with E-state index in [-0.39, 0.29) is 25.4 Å². The van der Waals surface area contributed by atoms with Gasteiger partial charge in [-0.3, -0.25) is 4.79 Å². The number of aromatic nitrogens is 2. The van der Waals surface area contributed by atoms with Gasteiger partial charge in [0.25, 0.3) is 5.91 Å². The molecule has 0 radical (unpaired) electrons. The zero-order valence-electron chi connectivity index (χ0n) is 15.7. The molecule has 0 bridgehead atoms. The van der Waals surface area contributed by atoms with Crippen LogP contribution in [0.5, 0.6) is 0 Å². The van der Waals surface area contributed by atoms with Crippen LogP contribution in [0.2, 0.25) is 0 Å². The maximum Gasteiger partial charge on any atom is 0.434 e. The Labute approximate surface area is 166 Å². The van der Waals surface area contributed by atoms with Crippen molar-refractivity contribution < 1.29 is 23.1 Å². The van der Waals surface area contributed by atoms with Crippen LogP contribution in [0, 0.1) is 6.92 Å². The summed E-state index contributed by atoms with van der Waals surface area (Å²) in [4.78, 5) is 14.1. The van der Waals surface area contributed by atoms with Crippen LogP contribution in [0.4, 0.5) is 13.2 Å². The van der Waals surface area contributed by atoms with Crippen LogP contribution in [0.15, 0.2) is 60.8 Å². The lowest BCUT2D eigenvalue weighted by Crippen LogP contribution is -2.34. The molecular weight excluding hydrogens is 383 g/mol. The highest BCUT2D eigenvalue weighted by Crippen LogP contribution is 2.34. The molecule has 5 nitrogen and oxygen atoms in total. The number of hydrogen-bond acceptors (Lipinski definition) is 3. The standard InChI is InChI=1S/C21H20F3N3O2/c1-15-7-9-17(10-8-15)27-19(21(22,23)24)18(13-25-27)20(29)26(11-12-28)14-16-5-3-2-4-6-16/h2-10,13,28H,11-12,14H2,1H3. The molecule has 1 aromatic heterocycles. The molecule has 0 spiro atoms. The molecule has 29 heavy (non-hydrogen) atoms. The second-order valence-corrected chi connectivity index (χ2v) is 6.59. The third-order valence-corrected chi connectivity index (χ3v) is 4.42. The summed E-state index contributed by atoms with van der Waals surface area (Å²) in [7, 11) is 0. The van der Waals surface area contributed by atoms with E-state index in [1.807, 2.05) is 6.92 Å². The SMILES string of the molecule is Cc1ccc(-n2ncc(C(=O)N(CCO)Cc3ccccc3)c2C(F)(F)F)cc1. The summed E-state index contributed by atoms with van der Waals surface area (Å²) in [5.74, 6) is -0.839. The van der Waals surface area contributed by atoms with Gasteiger partial charge in [0.05, 0.1) is 24.1 Å². The first-order valence-corrected chi connectivity index (χ1v) is 8.97. The number of aliphatic hydroxyl groups excluding tert-OH is 1. The summed E-state index contributed by atoms with van der Waals surface area (Å²) in [6.45, 7) is 1.43. The summed E-state index contributed by atoms with van der Waals surface area (Å²) in [6, 6.07) is 15.2. The van der Waals surface area contributed by atoms with Gasteiger partial charge in [-0.15, -0.1) is 0 Å². The van der Waals surface area contributed by atoms with Gasteiger partial charge < -0.3 is 10.0 Å². The van der Waals surface area contributed by atoms with Crippen LogP contribution in [0.25, 0.3) is 5.69 Å². The number of nitrogens with zero attached hydrogens (tertiary/aromatic N) is 3. The Kier molecular flexibility index (Phi) is 6.03. The molecule has 3 rings (SSSR count). The van der Waals surface area contributed by atoms with Gasteiger partial charge in [0.15, 0.2) is 5.69 Å². The lowest BCUT2D eigenvalue weighted by atomic mass is 10.1. The number of carbonyl (C=O) groups is 1. The minimum atomic E-state index is -4.79. The van der Waals surface area contributed by atoms with Gasteiger partial charge in [0, 0.05) is 13.1 Å². The number of aliphatic hydroxyl groups is 1. The number of carbonyl (C=O) groups excluding carboxylic acids is 1. The molecule has 0 unspecified atom stereocenters. The fraction of sp³-hybridized carbons (Fsp3) is 0.238. The molecule has 0 aliphatic rings. The van der Waals surface area contributed by atoms with Gasteiger partial charge >= 0.3 is 6.18 Å². The van der Waals surface area contributed by atoms with Crippen LogP contribution in [0.1, 0.15) is 27.2 Å². The van der Waals surface area contributed by atoms with Crippen LogP contribution in [-0.4, -0.2) is 38.8 Å². The van der Waals surface area contributed by atoms with E-state index in [1.54, 1.807) is 42.5 Å². The fourth-order valence-corrected chi connectivity index (χ4v) is 3.01. The molecule has 0 aliphatic carbocycles. The van der Waals surface area contributed by atoms with Gasteiger partial charge in [-0.1, -0.05) is 48.0 Å². The van der Waals surface area contributed by atoms with E-state index >= 15 is 0 Å². The van der Waals surface area contributed by atoms with E-state index in [0.29, 0.717) is 0 Å². The Morgan fingerprint density at radius 3 is 2.34 bits per heavy atom. The third-order valence-electron chi connectivity index (χ3n) is 4.42. The maximum absolute atomic E-state index is 13.9. The molecule has 1 N–H and O–H groups in total. The first kappa shape index (κ1) is 20.6. The second-order valence-electron chi connectivity index (χ2n) is 6.59. The highest BCUT2D eigenvalue weighted by Gasteiger charge is 2.41. The van der Waals surface area contributed by atoms with E-state index < -0.39 is 23.3 Å². The molecule has 0 saturated heterocycles. The molecule has 2 aromatic carbocycles. The third kappa shape index (κ3) is 4.65. The Balaban J connectivity index is 2.01. The number of aryl methyl sites for hydroxylation is 1. The van der Waals surface area contributed by atoms with Crippen molar-refractivity contribution in [3.8, 4) is 5.69 Å². The predicted molar refractivity (Wildman–Crippen MR) is 102 cm³/mol. The molecule has 0 atom stereocenters. The average molecular weight is 403 g/mol. The molecular formula is C21H20F3N3O2. The molecule has 1 heterocycles. The first-order valence-electron chi connectivity index (χ1n) is 8.97. The number of amides is 1. The Morgan fingerprint density at radius 1 is 1.10 bits per heavy atom. The number of rotatable bonds is 6. The summed E-state index contributed by atoms with van der Waals surface area (Å²) in [5.41, 5.74) is 0.153. The number of alkyl halides is 3. The molecule has 3 aromatic rings. The van der Waals surface area contributed by atoms with E-state index in [0.717, 1.165) is 22.0 Å². The van der Waals surface area contributed by atoms with Crippen molar-refractivity contribution in [3.05, 3.63) is 83.2 Å². The van der Waals surface area contributed by atoms with Crippen molar-refractivity contribution in [1.82, 2.24) is 14.7 Å². The van der Waals surface area contributed by atoms with Crippen molar-refractivity contribution in [2.45, 2.75) is 19.6 Å². The minimum absolute atomic E-state index is 0.0766. The van der Waals surface area contributed by atoms with Crippen molar-refractivity contribution in [3.63, 3.8) is 0 Å². The molecule has 8 heteroatoms. The summed E-state index contributed by atoms with van der Waals surface area (Å²) in [6.07, 6.45) is -3.86. The molecule has 0 fully saturated rings. The summed E-state index contributed by atoms with van der Waals surface area (Å²) < 4.78 is 42.3. The van der Waals surface area contributed by atoms with E-state index in [1.165, 1.54) is 17.0 Å². The first-order chi connectivity index (χ1) is 13.8. The second kappa shape index (κ2) is 8.48. The van der Waals surface area contributed by atoms with E-state index in [4.69, 9.17) is 0 Å². The highest BCUT2D eigenvalue weighted by molar-refractivity contribution is 5.95. The average Bonchev–Trinajstić information content (AvgIpc) is 3.14. The van der Waals surface area contributed by atoms with Gasteiger partial charge in [-0.25, -0.2) is 4.68 Å². The molecule has 0 saturated carbocycles. The lowest BCUT2D eigenvalue weighted by Gasteiger charge is -2.22. The zero-order chi connectivity index (χ0) is 21.0. The minimum Gasteiger partial charge on any atom is -0.395 e. The summed E-state index contributed by atoms with van der Waals surface area (Å²) >= 11 is 0. The Bertz CT molecular complexity index is 967. The smallest absolute Gasteiger partial charge is 0.395 e. The van der Waals surface area contributed by atoms with Crippen molar-refractivity contribution in [2.24, 2.45) is 0 Å².